The maximum atomic E-state index is 6.08. The number of para-hydroxylation sites is 5. The summed E-state index contributed by atoms with van der Waals surface area (Å²) in [6, 6.07) is 81.3. The van der Waals surface area contributed by atoms with Crippen molar-refractivity contribution in [2.45, 2.75) is 0 Å². The van der Waals surface area contributed by atoms with Crippen LogP contribution in [0.3, 0.4) is 0 Å². The predicted octanol–water partition coefficient (Wildman–Crippen LogP) is 15.5. The molecule has 6 heteroatoms. The van der Waals surface area contributed by atoms with Gasteiger partial charge in [-0.1, -0.05) is 30.3 Å². The summed E-state index contributed by atoms with van der Waals surface area (Å²) in [5, 5.41) is 0. The Labute approximate surface area is 367 Å². The molecule has 0 unspecified atom stereocenters. The summed E-state index contributed by atoms with van der Waals surface area (Å²) in [6.07, 6.45) is 0. The monoisotopic (exact) mass is 911 g/mol. The number of anilines is 3. The number of halogens is 1. The molecule has 0 aliphatic heterocycles. The Morgan fingerprint density at radius 1 is 0.306 bits per heavy atom. The summed E-state index contributed by atoms with van der Waals surface area (Å²) in [5.74, 6) is 1.26. The van der Waals surface area contributed by atoms with E-state index in [9.17, 15) is 0 Å². The molecule has 2 aromatic heterocycles. The summed E-state index contributed by atoms with van der Waals surface area (Å²) in [6.45, 7) is 0. The minimum absolute atomic E-state index is 0.616. The summed E-state index contributed by atoms with van der Waals surface area (Å²) >= 11 is -2.01. The Morgan fingerprint density at radius 2 is 0.694 bits per heavy atom. The average molecular weight is 912 g/mol. The van der Waals surface area contributed by atoms with Crippen LogP contribution in [-0.2, 0) is 0 Å². The third-order valence-electron chi connectivity index (χ3n) is 11.0. The molecule has 0 N–H and O–H groups in total. The molecule has 9 aromatic carbocycles. The smallest absolute Gasteiger partial charge is 0.227 e. The molecule has 0 saturated carbocycles. The van der Waals surface area contributed by atoms with Crippen molar-refractivity contribution >= 4 is 59.1 Å². The van der Waals surface area contributed by atoms with Crippen LogP contribution in [0.5, 0.6) is 0 Å². The van der Waals surface area contributed by atoms with Gasteiger partial charge in [0.25, 0.3) is 0 Å². The van der Waals surface area contributed by atoms with Crippen molar-refractivity contribution in [3.63, 3.8) is 0 Å². The van der Waals surface area contributed by atoms with Gasteiger partial charge in [-0.3, -0.25) is 0 Å². The number of hydrogen-bond acceptors (Lipinski definition) is 5. The molecule has 0 amide bonds. The molecule has 62 heavy (non-hydrogen) atoms. The van der Waals surface area contributed by atoms with E-state index in [4.69, 9.17) is 18.8 Å². The molecule has 0 aliphatic carbocycles. The SMILES string of the molecule is c1ccc(N(c2ccc(-c3cccc(-c4ccc(I(c5ccccc5)c5ccc(-c6nc7ccccc7o6)cc5)cc4)c3)cc2)c2ccc(-c3nc4ccccc4o3)cc2)cc1. The third kappa shape index (κ3) is 7.46. The van der Waals surface area contributed by atoms with Gasteiger partial charge < -0.3 is 4.42 Å². The van der Waals surface area contributed by atoms with Crippen molar-refractivity contribution in [3.05, 3.63) is 241 Å². The van der Waals surface area contributed by atoms with Crippen LogP contribution in [0.2, 0.25) is 0 Å². The molecule has 11 aromatic rings. The van der Waals surface area contributed by atoms with E-state index >= 15 is 0 Å². The first-order chi connectivity index (χ1) is 30.7. The van der Waals surface area contributed by atoms with Gasteiger partial charge in [0.1, 0.15) is 5.52 Å². The van der Waals surface area contributed by atoms with Crippen LogP contribution < -0.4 is 4.90 Å². The first-order valence-corrected chi connectivity index (χ1v) is 23.8. The Morgan fingerprint density at radius 3 is 1.19 bits per heavy atom. The average Bonchev–Trinajstić information content (AvgIpc) is 3.99. The Bertz CT molecular complexity index is 2990. The van der Waals surface area contributed by atoms with E-state index in [1.807, 2.05) is 54.6 Å². The largest absolute Gasteiger partial charge is 0.436 e. The number of benzene rings is 9. The van der Waals surface area contributed by atoms with Crippen LogP contribution in [0.15, 0.2) is 239 Å². The first-order valence-electron chi connectivity index (χ1n) is 20.5. The fraction of sp³-hybridized carbons (Fsp3) is 0. The van der Waals surface area contributed by atoms with Crippen molar-refractivity contribution in [1.82, 2.24) is 9.97 Å². The fourth-order valence-electron chi connectivity index (χ4n) is 7.86. The number of hydrogen-bond donors (Lipinski definition) is 0. The van der Waals surface area contributed by atoms with E-state index in [0.29, 0.717) is 11.8 Å². The Hall–Kier alpha value is -7.55. The van der Waals surface area contributed by atoms with Crippen LogP contribution in [0.25, 0.3) is 67.4 Å². The van der Waals surface area contributed by atoms with Crippen molar-refractivity contribution in [2.24, 2.45) is 0 Å². The van der Waals surface area contributed by atoms with Crippen molar-refractivity contribution in [1.29, 1.82) is 0 Å². The molecule has 5 nitrogen and oxygen atoms in total. The molecule has 2 heterocycles. The molecular weight excluding hydrogens is 874 g/mol. The van der Waals surface area contributed by atoms with Gasteiger partial charge in [-0.2, -0.15) is 0 Å². The topological polar surface area (TPSA) is 55.3 Å². The van der Waals surface area contributed by atoms with Gasteiger partial charge in [-0.25, -0.2) is 4.98 Å². The van der Waals surface area contributed by atoms with E-state index in [1.54, 1.807) is 0 Å². The molecule has 11 rings (SSSR count). The van der Waals surface area contributed by atoms with Gasteiger partial charge in [0.2, 0.25) is 5.89 Å². The van der Waals surface area contributed by atoms with Gasteiger partial charge in [0.15, 0.2) is 5.58 Å². The quantitative estimate of drug-likeness (QED) is 0.128. The number of aromatic nitrogens is 2. The molecule has 0 fully saturated rings. The van der Waals surface area contributed by atoms with Crippen molar-refractivity contribution in [2.75, 3.05) is 4.90 Å². The fourth-order valence-corrected chi connectivity index (χ4v) is 13.3. The maximum absolute atomic E-state index is 6.08. The minimum Gasteiger partial charge on any atom is -0.436 e. The second-order valence-corrected chi connectivity index (χ2v) is 20.3. The van der Waals surface area contributed by atoms with Crippen molar-refractivity contribution < 1.29 is 8.83 Å². The number of oxazole rings is 2. The Kier molecular flexibility index (Phi) is 9.96. The zero-order valence-electron chi connectivity index (χ0n) is 33.5. The maximum Gasteiger partial charge on any atom is 0.227 e. The molecule has 0 aliphatic rings. The van der Waals surface area contributed by atoms with Crippen molar-refractivity contribution in [3.8, 4) is 45.2 Å². The second-order valence-electron chi connectivity index (χ2n) is 14.9. The van der Waals surface area contributed by atoms with Gasteiger partial charge in [-0.15, -0.1) is 0 Å². The zero-order valence-corrected chi connectivity index (χ0v) is 35.6. The number of rotatable bonds is 10. The summed E-state index contributed by atoms with van der Waals surface area (Å²) in [5.41, 5.74) is 13.1. The normalized spacial score (nSPS) is 11.5. The molecule has 0 saturated heterocycles. The standard InChI is InChI=1S/C56H38IN3O2/c1-3-14-45(15-4-1)57(47-32-24-41(25-33-47)55-58-51-18-7-9-20-53(51)61-55)46-30-22-39(23-31-46)43-12-11-13-44(38-43)40-26-34-49(35-27-40)60(48-16-5-2-6-17-48)50-36-28-42(29-37-50)56-59-52-19-8-10-21-54(52)62-56/h1-38H. The van der Waals surface area contributed by atoms with Crippen LogP contribution in [-0.4, -0.2) is 9.97 Å². The Balaban J connectivity index is 0.853. The molecule has 0 spiro atoms. The third-order valence-corrected chi connectivity index (χ3v) is 16.8. The van der Waals surface area contributed by atoms with E-state index in [2.05, 4.69) is 181 Å². The van der Waals surface area contributed by atoms with Gasteiger partial charge in [-0.05, 0) is 48.5 Å². The number of nitrogens with zero attached hydrogens (tertiary/aromatic N) is 3. The van der Waals surface area contributed by atoms with Gasteiger partial charge in [0.05, 0.1) is 0 Å². The van der Waals surface area contributed by atoms with E-state index < -0.39 is 19.8 Å². The second kappa shape index (κ2) is 16.5. The molecule has 0 atom stereocenters. The molecular formula is C56H38IN3O2. The van der Waals surface area contributed by atoms with Crippen LogP contribution >= 0.6 is 19.8 Å². The summed E-state index contributed by atoms with van der Waals surface area (Å²) in [4.78, 5) is 11.7. The summed E-state index contributed by atoms with van der Waals surface area (Å²) in [7, 11) is 0. The van der Waals surface area contributed by atoms with E-state index in [0.717, 1.165) is 56.0 Å². The van der Waals surface area contributed by atoms with Gasteiger partial charge >= 0.3 is 247 Å². The van der Waals surface area contributed by atoms with Gasteiger partial charge in [0, 0.05) is 16.9 Å². The first kappa shape index (κ1) is 37.4. The predicted molar refractivity (Wildman–Crippen MR) is 261 cm³/mol. The molecule has 0 bridgehead atoms. The van der Waals surface area contributed by atoms with Crippen LogP contribution in [0.4, 0.5) is 17.1 Å². The summed E-state index contributed by atoms with van der Waals surface area (Å²) < 4.78 is 16.3. The van der Waals surface area contributed by atoms with E-state index in [1.165, 1.54) is 27.4 Å². The van der Waals surface area contributed by atoms with E-state index in [-0.39, 0.29) is 0 Å². The molecule has 296 valence electrons. The molecule has 0 radical (unpaired) electrons. The minimum atomic E-state index is -2.01. The zero-order chi connectivity index (χ0) is 41.2. The number of fused-ring (bicyclic) bond motifs is 2. The van der Waals surface area contributed by atoms with Crippen LogP contribution in [0.1, 0.15) is 0 Å². The van der Waals surface area contributed by atoms with Crippen LogP contribution in [0, 0.1) is 10.7 Å².